The molecule has 1 saturated carbocycles. The Hall–Kier alpha value is -2.63. The number of nitrogens with one attached hydrogen (secondary N) is 1. The Kier molecular flexibility index (Phi) is 3.91. The molecule has 3 rings (SSSR count). The SMILES string of the molecule is O=C(NC1CC(C(=O)O)C1)c1ccc(Cn2cccn2)cc1. The van der Waals surface area contributed by atoms with Crippen LogP contribution < -0.4 is 5.32 Å². The molecule has 0 aliphatic heterocycles. The predicted octanol–water partition coefficient (Wildman–Crippen LogP) is 1.52. The van der Waals surface area contributed by atoms with E-state index >= 15 is 0 Å². The van der Waals surface area contributed by atoms with Crippen LogP contribution in [-0.4, -0.2) is 32.8 Å². The van der Waals surface area contributed by atoms with E-state index in [1.54, 1.807) is 18.3 Å². The lowest BCUT2D eigenvalue weighted by atomic mass is 9.80. The molecule has 0 radical (unpaired) electrons. The van der Waals surface area contributed by atoms with E-state index in [9.17, 15) is 9.59 Å². The van der Waals surface area contributed by atoms with Gasteiger partial charge < -0.3 is 10.4 Å². The lowest BCUT2D eigenvalue weighted by molar-refractivity contribution is -0.145. The molecule has 1 aliphatic carbocycles. The molecule has 6 heteroatoms. The zero-order chi connectivity index (χ0) is 15.5. The first-order chi connectivity index (χ1) is 10.6. The molecule has 1 aromatic carbocycles. The molecule has 2 aromatic rings. The highest BCUT2D eigenvalue weighted by molar-refractivity contribution is 5.94. The fourth-order valence-electron chi connectivity index (χ4n) is 2.55. The van der Waals surface area contributed by atoms with E-state index in [2.05, 4.69) is 10.4 Å². The number of rotatable bonds is 5. The zero-order valence-electron chi connectivity index (χ0n) is 12.0. The highest BCUT2D eigenvalue weighted by Crippen LogP contribution is 2.27. The van der Waals surface area contributed by atoms with Crippen molar-refractivity contribution in [1.82, 2.24) is 15.1 Å². The highest BCUT2D eigenvalue weighted by Gasteiger charge is 2.35. The summed E-state index contributed by atoms with van der Waals surface area (Å²) < 4.78 is 1.81. The Labute approximate surface area is 127 Å². The number of benzene rings is 1. The zero-order valence-corrected chi connectivity index (χ0v) is 12.0. The van der Waals surface area contributed by atoms with E-state index in [-0.39, 0.29) is 17.9 Å². The van der Waals surface area contributed by atoms with Gasteiger partial charge in [0.25, 0.3) is 5.91 Å². The number of carbonyl (C=O) groups is 2. The first-order valence-corrected chi connectivity index (χ1v) is 7.22. The first-order valence-electron chi connectivity index (χ1n) is 7.22. The fourth-order valence-corrected chi connectivity index (χ4v) is 2.55. The standard InChI is InChI=1S/C16H17N3O3/c20-15(18-14-8-13(9-14)16(21)22)12-4-2-11(3-5-12)10-19-7-1-6-17-19/h1-7,13-14H,8-10H2,(H,18,20)(H,21,22). The van der Waals surface area contributed by atoms with Gasteiger partial charge >= 0.3 is 5.97 Å². The quantitative estimate of drug-likeness (QED) is 0.877. The molecule has 0 saturated heterocycles. The molecule has 114 valence electrons. The van der Waals surface area contributed by atoms with E-state index in [1.807, 2.05) is 29.1 Å². The molecule has 1 heterocycles. The van der Waals surface area contributed by atoms with Crippen molar-refractivity contribution in [2.75, 3.05) is 0 Å². The Bertz CT molecular complexity index is 658. The van der Waals surface area contributed by atoms with Crippen LogP contribution in [0.5, 0.6) is 0 Å². The van der Waals surface area contributed by atoms with Gasteiger partial charge in [0, 0.05) is 24.0 Å². The molecule has 22 heavy (non-hydrogen) atoms. The van der Waals surface area contributed by atoms with Gasteiger partial charge in [-0.2, -0.15) is 5.10 Å². The Morgan fingerprint density at radius 3 is 2.59 bits per heavy atom. The number of carbonyl (C=O) groups excluding carboxylic acids is 1. The molecule has 0 bridgehead atoms. The van der Waals surface area contributed by atoms with E-state index in [1.165, 1.54) is 0 Å². The van der Waals surface area contributed by atoms with Crippen molar-refractivity contribution in [3.8, 4) is 0 Å². The summed E-state index contributed by atoms with van der Waals surface area (Å²) in [5.74, 6) is -1.25. The molecule has 1 aliphatic rings. The molecule has 1 fully saturated rings. The monoisotopic (exact) mass is 299 g/mol. The average molecular weight is 299 g/mol. The minimum Gasteiger partial charge on any atom is -0.481 e. The van der Waals surface area contributed by atoms with Crippen LogP contribution in [0, 0.1) is 5.92 Å². The van der Waals surface area contributed by atoms with Crippen molar-refractivity contribution in [2.45, 2.75) is 25.4 Å². The van der Waals surface area contributed by atoms with Crippen LogP contribution in [0.1, 0.15) is 28.8 Å². The number of carboxylic acid groups (broad SMARTS) is 1. The van der Waals surface area contributed by atoms with Gasteiger partial charge in [-0.1, -0.05) is 12.1 Å². The van der Waals surface area contributed by atoms with E-state index in [4.69, 9.17) is 5.11 Å². The molecular weight excluding hydrogens is 282 g/mol. The van der Waals surface area contributed by atoms with E-state index in [0.717, 1.165) is 5.56 Å². The summed E-state index contributed by atoms with van der Waals surface area (Å²) in [6, 6.07) is 9.19. The van der Waals surface area contributed by atoms with Crippen molar-refractivity contribution >= 4 is 11.9 Å². The van der Waals surface area contributed by atoms with Gasteiger partial charge in [-0.05, 0) is 36.6 Å². The van der Waals surface area contributed by atoms with Gasteiger partial charge in [-0.25, -0.2) is 0 Å². The predicted molar refractivity (Wildman–Crippen MR) is 79.4 cm³/mol. The van der Waals surface area contributed by atoms with Gasteiger partial charge in [0.2, 0.25) is 0 Å². The number of aromatic nitrogens is 2. The average Bonchev–Trinajstić information content (AvgIpc) is 2.95. The summed E-state index contributed by atoms with van der Waals surface area (Å²) in [5.41, 5.74) is 1.65. The van der Waals surface area contributed by atoms with Crippen LogP contribution in [0.25, 0.3) is 0 Å². The summed E-state index contributed by atoms with van der Waals surface area (Å²) in [6.45, 7) is 0.664. The lowest BCUT2D eigenvalue weighted by Gasteiger charge is -2.32. The molecule has 0 atom stereocenters. The Balaban J connectivity index is 1.54. The number of amides is 1. The summed E-state index contributed by atoms with van der Waals surface area (Å²) >= 11 is 0. The van der Waals surface area contributed by atoms with E-state index < -0.39 is 5.97 Å². The number of hydrogen-bond acceptors (Lipinski definition) is 3. The van der Waals surface area contributed by atoms with Crippen molar-refractivity contribution in [3.05, 3.63) is 53.9 Å². The molecule has 6 nitrogen and oxygen atoms in total. The van der Waals surface area contributed by atoms with Crippen LogP contribution in [0.3, 0.4) is 0 Å². The molecular formula is C16H17N3O3. The lowest BCUT2D eigenvalue weighted by Crippen LogP contribution is -2.46. The largest absolute Gasteiger partial charge is 0.481 e. The topological polar surface area (TPSA) is 84.2 Å². The molecule has 1 amide bonds. The summed E-state index contributed by atoms with van der Waals surface area (Å²) in [7, 11) is 0. The van der Waals surface area contributed by atoms with Gasteiger partial charge in [0.1, 0.15) is 0 Å². The fraction of sp³-hybridized carbons (Fsp3) is 0.312. The van der Waals surface area contributed by atoms with Crippen molar-refractivity contribution < 1.29 is 14.7 Å². The third kappa shape index (κ3) is 3.16. The Morgan fingerprint density at radius 2 is 2.00 bits per heavy atom. The van der Waals surface area contributed by atoms with Crippen molar-refractivity contribution in [2.24, 2.45) is 5.92 Å². The molecule has 1 aromatic heterocycles. The number of nitrogens with zero attached hydrogens (tertiary/aromatic N) is 2. The second-order valence-corrected chi connectivity index (χ2v) is 5.58. The summed E-state index contributed by atoms with van der Waals surface area (Å²) in [6.07, 6.45) is 4.64. The smallest absolute Gasteiger partial charge is 0.306 e. The maximum absolute atomic E-state index is 12.1. The van der Waals surface area contributed by atoms with Gasteiger partial charge in [0.15, 0.2) is 0 Å². The van der Waals surface area contributed by atoms with Crippen LogP contribution in [0.2, 0.25) is 0 Å². The van der Waals surface area contributed by atoms with E-state index in [0.29, 0.717) is 24.9 Å². The van der Waals surface area contributed by atoms with Crippen LogP contribution >= 0.6 is 0 Å². The third-order valence-corrected chi connectivity index (χ3v) is 3.94. The molecule has 0 spiro atoms. The maximum Gasteiger partial charge on any atom is 0.306 e. The second kappa shape index (κ2) is 6.01. The number of aliphatic carboxylic acids is 1. The summed E-state index contributed by atoms with van der Waals surface area (Å²) in [4.78, 5) is 22.8. The minimum atomic E-state index is -0.784. The maximum atomic E-state index is 12.1. The second-order valence-electron chi connectivity index (χ2n) is 5.58. The molecule has 0 unspecified atom stereocenters. The van der Waals surface area contributed by atoms with Gasteiger partial charge in [0.05, 0.1) is 12.5 Å². The summed E-state index contributed by atoms with van der Waals surface area (Å²) in [5, 5.41) is 15.8. The first kappa shape index (κ1) is 14.3. The number of carboxylic acids is 1. The third-order valence-electron chi connectivity index (χ3n) is 3.94. The van der Waals surface area contributed by atoms with Crippen LogP contribution in [0.4, 0.5) is 0 Å². The van der Waals surface area contributed by atoms with Gasteiger partial charge in [-0.15, -0.1) is 0 Å². The minimum absolute atomic E-state index is 0.0302. The van der Waals surface area contributed by atoms with Crippen LogP contribution in [0.15, 0.2) is 42.7 Å². The van der Waals surface area contributed by atoms with Crippen molar-refractivity contribution in [3.63, 3.8) is 0 Å². The molecule has 2 N–H and O–H groups in total. The van der Waals surface area contributed by atoms with Gasteiger partial charge in [-0.3, -0.25) is 14.3 Å². The van der Waals surface area contributed by atoms with Crippen molar-refractivity contribution in [1.29, 1.82) is 0 Å². The highest BCUT2D eigenvalue weighted by atomic mass is 16.4. The number of hydrogen-bond donors (Lipinski definition) is 2. The normalized spacial score (nSPS) is 20.2. The van der Waals surface area contributed by atoms with Crippen LogP contribution in [-0.2, 0) is 11.3 Å². The Morgan fingerprint density at radius 1 is 1.27 bits per heavy atom.